The van der Waals surface area contributed by atoms with Crippen molar-refractivity contribution in [1.29, 1.82) is 0 Å². The Morgan fingerprint density at radius 2 is 1.86 bits per heavy atom. The molecule has 1 N–H and O–H groups in total. The molecule has 0 spiro atoms. The Morgan fingerprint density at radius 1 is 1.14 bits per heavy atom. The molecular formula is C16H21Cl2N3. The van der Waals surface area contributed by atoms with Crippen molar-refractivity contribution in [1.82, 2.24) is 15.1 Å². The highest BCUT2D eigenvalue weighted by molar-refractivity contribution is 6.31. The number of nitrogens with one attached hydrogen (secondary N) is 1. The van der Waals surface area contributed by atoms with Crippen LogP contribution in [0.3, 0.4) is 0 Å². The first-order valence-electron chi connectivity index (χ1n) is 7.37. The molecule has 0 aliphatic heterocycles. The van der Waals surface area contributed by atoms with E-state index in [2.05, 4.69) is 24.3 Å². The third kappa shape index (κ3) is 4.00. The van der Waals surface area contributed by atoms with Crippen LogP contribution in [0, 0.1) is 0 Å². The highest BCUT2D eigenvalue weighted by Gasteiger charge is 2.21. The average molecular weight is 326 g/mol. The number of halogens is 2. The summed E-state index contributed by atoms with van der Waals surface area (Å²) in [6, 6.07) is 7.92. The van der Waals surface area contributed by atoms with Gasteiger partial charge in [0.05, 0.1) is 23.0 Å². The van der Waals surface area contributed by atoms with Gasteiger partial charge in [-0.15, -0.1) is 0 Å². The molecule has 1 atom stereocenters. The van der Waals surface area contributed by atoms with Crippen LogP contribution in [0.25, 0.3) is 0 Å². The fraction of sp³-hybridized carbons (Fsp3) is 0.438. The van der Waals surface area contributed by atoms with E-state index >= 15 is 0 Å². The summed E-state index contributed by atoms with van der Waals surface area (Å²) in [6.07, 6.45) is 3.80. The number of rotatable bonds is 7. The molecule has 1 aromatic carbocycles. The van der Waals surface area contributed by atoms with E-state index < -0.39 is 0 Å². The molecule has 1 unspecified atom stereocenters. The van der Waals surface area contributed by atoms with Gasteiger partial charge in [0, 0.05) is 11.6 Å². The summed E-state index contributed by atoms with van der Waals surface area (Å²) in [6.45, 7) is 6.06. The fourth-order valence-corrected chi connectivity index (χ4v) is 2.74. The Kier molecular flexibility index (Phi) is 6.09. The molecule has 0 bridgehead atoms. The van der Waals surface area contributed by atoms with Crippen LogP contribution in [-0.4, -0.2) is 16.3 Å². The highest BCUT2D eigenvalue weighted by Crippen LogP contribution is 2.29. The lowest BCUT2D eigenvalue weighted by Crippen LogP contribution is -2.26. The summed E-state index contributed by atoms with van der Waals surface area (Å²) in [5.41, 5.74) is 2.17. The van der Waals surface area contributed by atoms with Gasteiger partial charge >= 0.3 is 0 Å². The SMILES string of the molecule is CCCNC(c1ccc(Cl)cc1)c1c(Cl)cnn1CCC. The zero-order valence-corrected chi connectivity index (χ0v) is 14.0. The Bertz CT molecular complexity index is 563. The minimum Gasteiger partial charge on any atom is -0.305 e. The maximum atomic E-state index is 6.39. The molecule has 5 heteroatoms. The smallest absolute Gasteiger partial charge is 0.0837 e. The summed E-state index contributed by atoms with van der Waals surface area (Å²) >= 11 is 12.4. The van der Waals surface area contributed by atoms with Crippen LogP contribution in [0.5, 0.6) is 0 Å². The first-order chi connectivity index (χ1) is 10.2. The zero-order valence-electron chi connectivity index (χ0n) is 12.4. The van der Waals surface area contributed by atoms with Gasteiger partial charge in [0.15, 0.2) is 0 Å². The van der Waals surface area contributed by atoms with Gasteiger partial charge in [0.1, 0.15) is 0 Å². The van der Waals surface area contributed by atoms with Gasteiger partial charge in [0.25, 0.3) is 0 Å². The van der Waals surface area contributed by atoms with Crippen LogP contribution in [0.1, 0.15) is 44.0 Å². The number of nitrogens with zero attached hydrogens (tertiary/aromatic N) is 2. The molecule has 114 valence electrons. The van der Waals surface area contributed by atoms with Gasteiger partial charge in [-0.3, -0.25) is 4.68 Å². The van der Waals surface area contributed by atoms with Crippen molar-refractivity contribution >= 4 is 23.2 Å². The van der Waals surface area contributed by atoms with Crippen molar-refractivity contribution in [2.75, 3.05) is 6.54 Å². The zero-order chi connectivity index (χ0) is 15.2. The molecular weight excluding hydrogens is 305 g/mol. The van der Waals surface area contributed by atoms with Gasteiger partial charge in [-0.2, -0.15) is 5.10 Å². The first-order valence-corrected chi connectivity index (χ1v) is 8.13. The van der Waals surface area contributed by atoms with E-state index in [1.54, 1.807) is 6.20 Å². The Hall–Kier alpha value is -1.03. The topological polar surface area (TPSA) is 29.9 Å². The van der Waals surface area contributed by atoms with Crippen molar-refractivity contribution in [3.05, 3.63) is 51.8 Å². The Labute approximate surface area is 136 Å². The number of hydrogen-bond acceptors (Lipinski definition) is 2. The molecule has 1 aromatic heterocycles. The van der Waals surface area contributed by atoms with Crippen LogP contribution < -0.4 is 5.32 Å². The van der Waals surface area contributed by atoms with E-state index in [9.17, 15) is 0 Å². The second kappa shape index (κ2) is 7.83. The highest BCUT2D eigenvalue weighted by atomic mass is 35.5. The molecule has 0 saturated carbocycles. The van der Waals surface area contributed by atoms with Crippen molar-refractivity contribution in [2.24, 2.45) is 0 Å². The molecule has 1 heterocycles. The van der Waals surface area contributed by atoms with E-state index in [4.69, 9.17) is 23.2 Å². The molecule has 0 aliphatic carbocycles. The lowest BCUT2D eigenvalue weighted by atomic mass is 10.0. The van der Waals surface area contributed by atoms with Crippen LogP contribution >= 0.6 is 23.2 Å². The average Bonchev–Trinajstić information content (AvgIpc) is 2.83. The third-order valence-electron chi connectivity index (χ3n) is 3.34. The van der Waals surface area contributed by atoms with Crippen molar-refractivity contribution in [3.8, 4) is 0 Å². The molecule has 21 heavy (non-hydrogen) atoms. The first kappa shape index (κ1) is 16.3. The van der Waals surface area contributed by atoms with Crippen LogP contribution in [0.2, 0.25) is 10.0 Å². The van der Waals surface area contributed by atoms with Crippen LogP contribution in [0.15, 0.2) is 30.5 Å². The lowest BCUT2D eigenvalue weighted by molar-refractivity contribution is 0.512. The van der Waals surface area contributed by atoms with Crippen molar-refractivity contribution in [2.45, 2.75) is 39.3 Å². The summed E-state index contributed by atoms with van der Waals surface area (Å²) in [5, 5.41) is 9.39. The number of aryl methyl sites for hydroxylation is 1. The summed E-state index contributed by atoms with van der Waals surface area (Å²) < 4.78 is 1.99. The van der Waals surface area contributed by atoms with Crippen LogP contribution in [-0.2, 0) is 6.54 Å². The van der Waals surface area contributed by atoms with Gasteiger partial charge in [-0.25, -0.2) is 0 Å². The van der Waals surface area contributed by atoms with Gasteiger partial charge in [-0.05, 0) is 37.1 Å². The monoisotopic (exact) mass is 325 g/mol. The normalized spacial score (nSPS) is 12.6. The van der Waals surface area contributed by atoms with Crippen molar-refractivity contribution < 1.29 is 0 Å². The van der Waals surface area contributed by atoms with Gasteiger partial charge in [-0.1, -0.05) is 49.2 Å². The minimum absolute atomic E-state index is 0.0313. The molecule has 2 rings (SSSR count). The second-order valence-electron chi connectivity index (χ2n) is 5.04. The predicted molar refractivity (Wildman–Crippen MR) is 89.1 cm³/mol. The standard InChI is InChI=1S/C16H21Cl2N3/c1-3-9-19-15(12-5-7-13(17)8-6-12)16-14(18)11-20-21(16)10-4-2/h5-8,11,15,19H,3-4,9-10H2,1-2H3. The maximum absolute atomic E-state index is 6.39. The van der Waals surface area contributed by atoms with Gasteiger partial charge < -0.3 is 5.32 Å². The van der Waals surface area contributed by atoms with E-state index in [1.807, 2.05) is 28.9 Å². The Balaban J connectivity index is 2.40. The number of hydrogen-bond donors (Lipinski definition) is 1. The number of aromatic nitrogens is 2. The quantitative estimate of drug-likeness (QED) is 0.800. The summed E-state index contributed by atoms with van der Waals surface area (Å²) in [4.78, 5) is 0. The molecule has 3 nitrogen and oxygen atoms in total. The molecule has 0 amide bonds. The van der Waals surface area contributed by atoms with Gasteiger partial charge in [0.2, 0.25) is 0 Å². The number of benzene rings is 1. The second-order valence-corrected chi connectivity index (χ2v) is 5.88. The van der Waals surface area contributed by atoms with E-state index in [0.29, 0.717) is 5.02 Å². The molecule has 0 radical (unpaired) electrons. The largest absolute Gasteiger partial charge is 0.305 e. The minimum atomic E-state index is 0.0313. The molecule has 2 aromatic rings. The summed E-state index contributed by atoms with van der Waals surface area (Å²) in [5.74, 6) is 0. The third-order valence-corrected chi connectivity index (χ3v) is 3.89. The lowest BCUT2D eigenvalue weighted by Gasteiger charge is -2.21. The molecule has 0 fully saturated rings. The molecule has 0 saturated heterocycles. The van der Waals surface area contributed by atoms with E-state index in [0.717, 1.165) is 42.2 Å². The molecule has 0 aliphatic rings. The van der Waals surface area contributed by atoms with Crippen molar-refractivity contribution in [3.63, 3.8) is 0 Å². The maximum Gasteiger partial charge on any atom is 0.0837 e. The fourth-order valence-electron chi connectivity index (χ4n) is 2.37. The predicted octanol–water partition coefficient (Wildman–Crippen LogP) is 4.69. The van der Waals surface area contributed by atoms with Crippen LogP contribution in [0.4, 0.5) is 0 Å². The summed E-state index contributed by atoms with van der Waals surface area (Å²) in [7, 11) is 0. The van der Waals surface area contributed by atoms with E-state index in [1.165, 1.54) is 0 Å². The van der Waals surface area contributed by atoms with E-state index in [-0.39, 0.29) is 6.04 Å². The Morgan fingerprint density at radius 3 is 2.48 bits per heavy atom.